The molecule has 1 aliphatic heterocycles. The van der Waals surface area contributed by atoms with E-state index in [0.717, 1.165) is 6.54 Å². The van der Waals surface area contributed by atoms with Gasteiger partial charge < -0.3 is 21.5 Å². The monoisotopic (exact) mass is 145 g/mol. The second-order valence-corrected chi connectivity index (χ2v) is 2.53. The third kappa shape index (κ3) is 1.91. The van der Waals surface area contributed by atoms with Crippen molar-refractivity contribution >= 4 is 0 Å². The molecule has 0 aliphatic carbocycles. The van der Waals surface area contributed by atoms with Crippen molar-refractivity contribution in [1.82, 2.24) is 5.32 Å². The van der Waals surface area contributed by atoms with E-state index in [9.17, 15) is 0 Å². The highest BCUT2D eigenvalue weighted by atomic mass is 16.5. The molecule has 4 heteroatoms. The molecule has 2 unspecified atom stereocenters. The molecule has 0 aromatic heterocycles. The summed E-state index contributed by atoms with van der Waals surface area (Å²) in [4.78, 5) is 0. The van der Waals surface area contributed by atoms with Crippen LogP contribution in [0.1, 0.15) is 0 Å². The van der Waals surface area contributed by atoms with Gasteiger partial charge in [0.25, 0.3) is 0 Å². The van der Waals surface area contributed by atoms with E-state index in [4.69, 9.17) is 16.2 Å². The smallest absolute Gasteiger partial charge is 0.0822 e. The Kier molecular flexibility index (Phi) is 3.08. The molecule has 0 bridgehead atoms. The van der Waals surface area contributed by atoms with Crippen LogP contribution in [0, 0.1) is 0 Å². The Morgan fingerprint density at radius 2 is 2.20 bits per heavy atom. The van der Waals surface area contributed by atoms with Gasteiger partial charge in [0.2, 0.25) is 0 Å². The molecular formula is C6H15N3O. The van der Waals surface area contributed by atoms with Gasteiger partial charge in [-0.25, -0.2) is 0 Å². The summed E-state index contributed by atoms with van der Waals surface area (Å²) in [6, 6.07) is 0.322. The molecule has 0 aromatic rings. The molecule has 1 rings (SSSR count). The summed E-state index contributed by atoms with van der Waals surface area (Å²) in [6.07, 6.45) is 0.183. The molecule has 10 heavy (non-hydrogen) atoms. The number of ether oxygens (including phenoxy) is 1. The molecule has 1 heterocycles. The third-order valence-corrected chi connectivity index (χ3v) is 1.71. The van der Waals surface area contributed by atoms with Crippen LogP contribution >= 0.6 is 0 Å². The SMILES string of the molecule is NCC1COC(CN)CN1. The summed E-state index contributed by atoms with van der Waals surface area (Å²) < 4.78 is 5.36. The van der Waals surface area contributed by atoms with Crippen LogP contribution in [-0.4, -0.2) is 38.4 Å². The second kappa shape index (κ2) is 3.88. The third-order valence-electron chi connectivity index (χ3n) is 1.71. The Bertz CT molecular complexity index is 79.0. The zero-order valence-corrected chi connectivity index (χ0v) is 6.05. The summed E-state index contributed by atoms with van der Waals surface area (Å²) in [6.45, 7) is 2.75. The maximum Gasteiger partial charge on any atom is 0.0822 e. The highest BCUT2D eigenvalue weighted by Gasteiger charge is 2.17. The molecule has 0 radical (unpaired) electrons. The molecule has 5 N–H and O–H groups in total. The lowest BCUT2D eigenvalue weighted by Gasteiger charge is -2.28. The van der Waals surface area contributed by atoms with E-state index in [1.807, 2.05) is 0 Å². The number of nitrogens with two attached hydrogens (primary N) is 2. The van der Waals surface area contributed by atoms with Gasteiger partial charge in [0.15, 0.2) is 0 Å². The van der Waals surface area contributed by atoms with Crippen molar-refractivity contribution in [3.05, 3.63) is 0 Å². The zero-order chi connectivity index (χ0) is 7.40. The van der Waals surface area contributed by atoms with Crippen molar-refractivity contribution in [3.8, 4) is 0 Å². The molecule has 1 fully saturated rings. The van der Waals surface area contributed by atoms with E-state index in [2.05, 4.69) is 5.32 Å². The molecule has 2 atom stereocenters. The van der Waals surface area contributed by atoms with Crippen molar-refractivity contribution in [2.24, 2.45) is 11.5 Å². The van der Waals surface area contributed by atoms with Crippen LogP contribution in [0.4, 0.5) is 0 Å². The van der Waals surface area contributed by atoms with Gasteiger partial charge in [-0.3, -0.25) is 0 Å². The molecule has 0 aromatic carbocycles. The summed E-state index contributed by atoms with van der Waals surface area (Å²) in [5.74, 6) is 0. The van der Waals surface area contributed by atoms with E-state index < -0.39 is 0 Å². The van der Waals surface area contributed by atoms with Gasteiger partial charge in [0, 0.05) is 25.7 Å². The number of hydrogen-bond acceptors (Lipinski definition) is 4. The summed E-state index contributed by atoms with van der Waals surface area (Å²) in [7, 11) is 0. The normalized spacial score (nSPS) is 34.2. The lowest BCUT2D eigenvalue weighted by atomic mass is 10.2. The van der Waals surface area contributed by atoms with E-state index in [1.165, 1.54) is 0 Å². The first kappa shape index (κ1) is 7.94. The van der Waals surface area contributed by atoms with Crippen molar-refractivity contribution in [3.63, 3.8) is 0 Å². The Hall–Kier alpha value is -0.160. The van der Waals surface area contributed by atoms with Crippen LogP contribution in [0.15, 0.2) is 0 Å². The van der Waals surface area contributed by atoms with Crippen LogP contribution in [0.5, 0.6) is 0 Å². The molecular weight excluding hydrogens is 130 g/mol. The van der Waals surface area contributed by atoms with Gasteiger partial charge in [0.1, 0.15) is 0 Å². The van der Waals surface area contributed by atoms with Gasteiger partial charge in [-0.15, -0.1) is 0 Å². The highest BCUT2D eigenvalue weighted by Crippen LogP contribution is 1.97. The molecule has 0 spiro atoms. The largest absolute Gasteiger partial charge is 0.374 e. The summed E-state index contributed by atoms with van der Waals surface area (Å²) in [5.41, 5.74) is 10.8. The fraction of sp³-hybridized carbons (Fsp3) is 1.00. The molecule has 1 aliphatic rings. The van der Waals surface area contributed by atoms with E-state index >= 15 is 0 Å². The Morgan fingerprint density at radius 3 is 2.60 bits per heavy atom. The molecule has 4 nitrogen and oxygen atoms in total. The van der Waals surface area contributed by atoms with Crippen molar-refractivity contribution in [1.29, 1.82) is 0 Å². The minimum absolute atomic E-state index is 0.183. The second-order valence-electron chi connectivity index (χ2n) is 2.53. The minimum Gasteiger partial charge on any atom is -0.374 e. The summed E-state index contributed by atoms with van der Waals surface area (Å²) in [5, 5.41) is 3.24. The molecule has 1 saturated heterocycles. The van der Waals surface area contributed by atoms with Crippen LogP contribution in [0.3, 0.4) is 0 Å². The number of hydrogen-bond donors (Lipinski definition) is 3. The Labute approximate surface area is 60.9 Å². The van der Waals surface area contributed by atoms with Gasteiger partial charge in [-0.1, -0.05) is 0 Å². The van der Waals surface area contributed by atoms with Gasteiger partial charge in [0.05, 0.1) is 12.7 Å². The van der Waals surface area contributed by atoms with Gasteiger partial charge >= 0.3 is 0 Å². The average Bonchev–Trinajstić information content (AvgIpc) is 2.05. The fourth-order valence-electron chi connectivity index (χ4n) is 0.971. The summed E-state index contributed by atoms with van der Waals surface area (Å²) >= 11 is 0. The zero-order valence-electron chi connectivity index (χ0n) is 6.05. The Morgan fingerprint density at radius 1 is 1.40 bits per heavy atom. The number of rotatable bonds is 2. The van der Waals surface area contributed by atoms with Crippen LogP contribution in [0.2, 0.25) is 0 Å². The maximum absolute atomic E-state index is 5.42. The lowest BCUT2D eigenvalue weighted by Crippen LogP contribution is -2.51. The maximum atomic E-state index is 5.42. The quantitative estimate of drug-likeness (QED) is 0.431. The predicted molar refractivity (Wildman–Crippen MR) is 39.6 cm³/mol. The average molecular weight is 145 g/mol. The first-order chi connectivity index (χ1) is 4.86. The standard InChI is InChI=1S/C6H15N3O/c7-1-5-4-10-6(2-8)3-9-5/h5-6,9H,1-4,7-8H2. The van der Waals surface area contributed by atoms with Crippen molar-refractivity contribution in [2.45, 2.75) is 12.1 Å². The number of morpholine rings is 1. The van der Waals surface area contributed by atoms with Crippen LogP contribution < -0.4 is 16.8 Å². The highest BCUT2D eigenvalue weighted by molar-refractivity contribution is 4.76. The molecule has 0 saturated carbocycles. The lowest BCUT2D eigenvalue weighted by molar-refractivity contribution is 0.0118. The van der Waals surface area contributed by atoms with E-state index in [-0.39, 0.29) is 6.10 Å². The van der Waals surface area contributed by atoms with Crippen molar-refractivity contribution < 1.29 is 4.74 Å². The molecule has 0 amide bonds. The number of nitrogens with one attached hydrogen (secondary N) is 1. The van der Waals surface area contributed by atoms with E-state index in [1.54, 1.807) is 0 Å². The fourth-order valence-corrected chi connectivity index (χ4v) is 0.971. The van der Waals surface area contributed by atoms with E-state index in [0.29, 0.717) is 25.7 Å². The Balaban J connectivity index is 2.17. The first-order valence-electron chi connectivity index (χ1n) is 3.62. The minimum atomic E-state index is 0.183. The predicted octanol–water partition coefficient (Wildman–Crippen LogP) is -1.74. The van der Waals surface area contributed by atoms with Crippen molar-refractivity contribution in [2.75, 3.05) is 26.2 Å². The van der Waals surface area contributed by atoms with Gasteiger partial charge in [-0.05, 0) is 0 Å². The van der Waals surface area contributed by atoms with Crippen LogP contribution in [0.25, 0.3) is 0 Å². The first-order valence-corrected chi connectivity index (χ1v) is 3.62. The van der Waals surface area contributed by atoms with Gasteiger partial charge in [-0.2, -0.15) is 0 Å². The topological polar surface area (TPSA) is 73.3 Å². The van der Waals surface area contributed by atoms with Crippen LogP contribution in [-0.2, 0) is 4.74 Å². The molecule has 60 valence electrons.